The summed E-state index contributed by atoms with van der Waals surface area (Å²) in [7, 11) is -3.37. The summed E-state index contributed by atoms with van der Waals surface area (Å²) in [4.78, 5) is 2.89. The molecule has 1 fully saturated rings. The molecular weight excluding hydrogens is 212 g/mol. The minimum Gasteiger partial charge on any atom is -0.230 e. The molecule has 1 saturated heterocycles. The molecule has 15 heavy (non-hydrogen) atoms. The first-order valence-corrected chi connectivity index (χ1v) is 6.49. The lowest BCUT2D eigenvalue weighted by atomic mass is 10.4. The number of hydrogen-bond acceptors (Lipinski definition) is 3. The first kappa shape index (κ1) is 10.6. The van der Waals surface area contributed by atoms with Gasteiger partial charge in [-0.15, -0.1) is 4.83 Å². The second kappa shape index (κ2) is 4.30. The molecule has 1 aliphatic rings. The molecule has 82 valence electrons. The van der Waals surface area contributed by atoms with Gasteiger partial charge in [0.15, 0.2) is 0 Å². The molecule has 0 saturated carbocycles. The van der Waals surface area contributed by atoms with Crippen LogP contribution >= 0.6 is 0 Å². The molecule has 0 unspecified atom stereocenters. The Morgan fingerprint density at radius 3 is 2.27 bits per heavy atom. The van der Waals surface area contributed by atoms with E-state index in [2.05, 4.69) is 4.83 Å². The SMILES string of the molecule is O=S(=O)(NN1CCCC1)c1ccccc1. The summed E-state index contributed by atoms with van der Waals surface area (Å²) in [6, 6.07) is 8.43. The predicted octanol–water partition coefficient (Wildman–Crippen LogP) is 0.976. The Labute approximate surface area is 89.9 Å². The summed E-state index contributed by atoms with van der Waals surface area (Å²) in [6.45, 7) is 1.60. The number of nitrogens with one attached hydrogen (secondary N) is 1. The molecule has 0 aromatic heterocycles. The summed E-state index contributed by atoms with van der Waals surface area (Å²) in [5.41, 5.74) is 0. The van der Waals surface area contributed by atoms with Gasteiger partial charge >= 0.3 is 0 Å². The highest BCUT2D eigenvalue weighted by Crippen LogP contribution is 2.10. The Hall–Kier alpha value is -0.910. The highest BCUT2D eigenvalue weighted by atomic mass is 32.2. The Kier molecular flexibility index (Phi) is 3.04. The molecule has 1 heterocycles. The minimum absolute atomic E-state index is 0.317. The molecule has 0 aliphatic carbocycles. The lowest BCUT2D eigenvalue weighted by molar-refractivity contribution is 0.300. The Balaban J connectivity index is 2.13. The van der Waals surface area contributed by atoms with Crippen molar-refractivity contribution in [1.29, 1.82) is 0 Å². The zero-order chi connectivity index (χ0) is 10.7. The summed E-state index contributed by atoms with van der Waals surface area (Å²) in [5.74, 6) is 0. The van der Waals surface area contributed by atoms with Gasteiger partial charge in [-0.25, -0.2) is 13.4 Å². The van der Waals surface area contributed by atoms with Crippen LogP contribution in [0.5, 0.6) is 0 Å². The van der Waals surface area contributed by atoms with Gasteiger partial charge in [0, 0.05) is 13.1 Å². The van der Waals surface area contributed by atoms with Crippen molar-refractivity contribution < 1.29 is 8.42 Å². The number of hydrazine groups is 1. The summed E-state index contributed by atoms with van der Waals surface area (Å²) in [5, 5.41) is 1.75. The van der Waals surface area contributed by atoms with Crippen LogP contribution in [0.25, 0.3) is 0 Å². The van der Waals surface area contributed by atoms with Crippen LogP contribution in [-0.2, 0) is 10.0 Å². The van der Waals surface area contributed by atoms with Crippen LogP contribution in [0.4, 0.5) is 0 Å². The second-order valence-corrected chi connectivity index (χ2v) is 5.26. The predicted molar refractivity (Wildman–Crippen MR) is 57.6 cm³/mol. The number of sulfonamides is 1. The van der Waals surface area contributed by atoms with E-state index in [1.807, 2.05) is 0 Å². The highest BCUT2D eigenvalue weighted by Gasteiger charge is 2.19. The van der Waals surface area contributed by atoms with Crippen molar-refractivity contribution in [2.75, 3.05) is 13.1 Å². The first-order chi connectivity index (χ1) is 7.18. The van der Waals surface area contributed by atoms with Crippen LogP contribution in [0.15, 0.2) is 35.2 Å². The fourth-order valence-corrected chi connectivity index (χ4v) is 2.77. The minimum atomic E-state index is -3.37. The topological polar surface area (TPSA) is 49.4 Å². The molecule has 0 atom stereocenters. The van der Waals surface area contributed by atoms with E-state index in [-0.39, 0.29) is 0 Å². The van der Waals surface area contributed by atoms with Crippen LogP contribution in [-0.4, -0.2) is 26.5 Å². The van der Waals surface area contributed by atoms with Crippen molar-refractivity contribution in [1.82, 2.24) is 9.84 Å². The molecule has 2 rings (SSSR count). The fraction of sp³-hybridized carbons (Fsp3) is 0.400. The maximum absolute atomic E-state index is 11.8. The second-order valence-electron chi connectivity index (χ2n) is 3.60. The Morgan fingerprint density at radius 2 is 1.67 bits per heavy atom. The van der Waals surface area contributed by atoms with E-state index in [1.54, 1.807) is 35.3 Å². The molecule has 0 radical (unpaired) electrons. The van der Waals surface area contributed by atoms with E-state index < -0.39 is 10.0 Å². The van der Waals surface area contributed by atoms with E-state index in [9.17, 15) is 8.42 Å². The van der Waals surface area contributed by atoms with Gasteiger partial charge in [-0.3, -0.25) is 0 Å². The molecule has 1 N–H and O–H groups in total. The van der Waals surface area contributed by atoms with Crippen LogP contribution in [0.3, 0.4) is 0 Å². The highest BCUT2D eigenvalue weighted by molar-refractivity contribution is 7.89. The van der Waals surface area contributed by atoms with Gasteiger partial charge in [-0.1, -0.05) is 18.2 Å². The van der Waals surface area contributed by atoms with Gasteiger partial charge in [-0.2, -0.15) is 0 Å². The van der Waals surface area contributed by atoms with Gasteiger partial charge < -0.3 is 0 Å². The normalized spacial score (nSPS) is 18.1. The fourth-order valence-electron chi connectivity index (χ4n) is 1.63. The molecule has 1 aromatic rings. The standard InChI is InChI=1S/C10H14N2O2S/c13-15(14,10-6-2-1-3-7-10)11-12-8-4-5-9-12/h1-3,6-7,11H,4-5,8-9H2. The van der Waals surface area contributed by atoms with Crippen LogP contribution in [0.1, 0.15) is 12.8 Å². The molecule has 5 heteroatoms. The summed E-state index contributed by atoms with van der Waals surface area (Å²) >= 11 is 0. The van der Waals surface area contributed by atoms with Gasteiger partial charge in [0.1, 0.15) is 0 Å². The Bertz CT molecular complexity index is 410. The lowest BCUT2D eigenvalue weighted by Crippen LogP contribution is -2.39. The van der Waals surface area contributed by atoms with Gasteiger partial charge in [-0.05, 0) is 25.0 Å². The van der Waals surface area contributed by atoms with Crippen LogP contribution < -0.4 is 4.83 Å². The molecule has 0 bridgehead atoms. The van der Waals surface area contributed by atoms with Crippen molar-refractivity contribution in [3.05, 3.63) is 30.3 Å². The zero-order valence-corrected chi connectivity index (χ0v) is 9.20. The maximum atomic E-state index is 11.8. The molecule has 1 aromatic carbocycles. The largest absolute Gasteiger partial charge is 0.253 e. The van der Waals surface area contributed by atoms with E-state index in [4.69, 9.17) is 0 Å². The molecule has 0 amide bonds. The lowest BCUT2D eigenvalue weighted by Gasteiger charge is -2.16. The van der Waals surface area contributed by atoms with E-state index >= 15 is 0 Å². The zero-order valence-electron chi connectivity index (χ0n) is 8.39. The molecule has 4 nitrogen and oxygen atoms in total. The number of hydrogen-bond donors (Lipinski definition) is 1. The monoisotopic (exact) mass is 226 g/mol. The van der Waals surface area contributed by atoms with Crippen molar-refractivity contribution in [2.45, 2.75) is 17.7 Å². The number of benzene rings is 1. The van der Waals surface area contributed by atoms with Crippen molar-refractivity contribution in [3.63, 3.8) is 0 Å². The van der Waals surface area contributed by atoms with Gasteiger partial charge in [0.25, 0.3) is 10.0 Å². The van der Waals surface area contributed by atoms with Crippen LogP contribution in [0.2, 0.25) is 0 Å². The number of nitrogens with zero attached hydrogens (tertiary/aromatic N) is 1. The van der Waals surface area contributed by atoms with Crippen molar-refractivity contribution in [2.24, 2.45) is 0 Å². The third-order valence-electron chi connectivity index (χ3n) is 2.41. The van der Waals surface area contributed by atoms with Crippen molar-refractivity contribution in [3.8, 4) is 0 Å². The smallest absolute Gasteiger partial charge is 0.230 e. The van der Waals surface area contributed by atoms with E-state index in [0.717, 1.165) is 25.9 Å². The molecule has 0 spiro atoms. The quantitative estimate of drug-likeness (QED) is 0.835. The summed E-state index contributed by atoms with van der Waals surface area (Å²) < 4.78 is 23.7. The maximum Gasteiger partial charge on any atom is 0.253 e. The van der Waals surface area contributed by atoms with E-state index in [0.29, 0.717) is 4.90 Å². The van der Waals surface area contributed by atoms with Crippen LogP contribution in [0, 0.1) is 0 Å². The third-order valence-corrected chi connectivity index (χ3v) is 3.80. The Morgan fingerprint density at radius 1 is 1.07 bits per heavy atom. The third kappa shape index (κ3) is 2.56. The average Bonchev–Trinajstić information content (AvgIpc) is 2.71. The number of rotatable bonds is 3. The van der Waals surface area contributed by atoms with Gasteiger partial charge in [0.05, 0.1) is 4.90 Å². The molecule has 1 aliphatic heterocycles. The average molecular weight is 226 g/mol. The first-order valence-electron chi connectivity index (χ1n) is 5.01. The van der Waals surface area contributed by atoms with Crippen molar-refractivity contribution >= 4 is 10.0 Å². The summed E-state index contributed by atoms with van der Waals surface area (Å²) in [6.07, 6.45) is 2.11. The molecular formula is C10H14N2O2S. The van der Waals surface area contributed by atoms with Gasteiger partial charge in [0.2, 0.25) is 0 Å². The van der Waals surface area contributed by atoms with E-state index in [1.165, 1.54) is 0 Å².